The van der Waals surface area contributed by atoms with Crippen molar-refractivity contribution in [3.8, 4) is 0 Å². The van der Waals surface area contributed by atoms with Crippen molar-refractivity contribution in [1.82, 2.24) is 20.4 Å². The molecule has 8 nitrogen and oxygen atoms in total. The van der Waals surface area contributed by atoms with Crippen molar-refractivity contribution in [2.45, 2.75) is 69.8 Å². The molecule has 2 saturated heterocycles. The van der Waals surface area contributed by atoms with Crippen molar-refractivity contribution in [2.75, 3.05) is 6.54 Å². The number of aliphatic hydroxyl groups excluding tert-OH is 1. The molecular formula is C17H28N4O4. The molecule has 1 aromatic rings. The van der Waals surface area contributed by atoms with Crippen molar-refractivity contribution in [3.63, 3.8) is 0 Å². The molecule has 8 heteroatoms. The van der Waals surface area contributed by atoms with Crippen LogP contribution in [0.1, 0.15) is 32.3 Å². The quantitative estimate of drug-likeness (QED) is 0.624. The number of nitrogens with one attached hydrogen (secondary N) is 2. The predicted octanol–water partition coefficient (Wildman–Crippen LogP) is -0.290. The average Bonchev–Trinajstić information content (AvgIpc) is 3.21. The molecule has 140 valence electrons. The fourth-order valence-electron chi connectivity index (χ4n) is 3.40. The van der Waals surface area contributed by atoms with Crippen molar-refractivity contribution >= 4 is 5.91 Å². The van der Waals surface area contributed by atoms with E-state index in [1.807, 2.05) is 13.2 Å². The Bertz CT molecular complexity index is 591. The van der Waals surface area contributed by atoms with Crippen molar-refractivity contribution < 1.29 is 19.4 Å². The molecule has 0 saturated carbocycles. The Morgan fingerprint density at radius 1 is 1.48 bits per heavy atom. The summed E-state index contributed by atoms with van der Waals surface area (Å²) >= 11 is 0. The van der Waals surface area contributed by atoms with Gasteiger partial charge in [-0.3, -0.25) is 9.48 Å². The van der Waals surface area contributed by atoms with Gasteiger partial charge in [-0.15, -0.1) is 0 Å². The number of rotatable bonds is 7. The average molecular weight is 352 g/mol. The minimum Gasteiger partial charge on any atom is -0.388 e. The first kappa shape index (κ1) is 18.3. The standard InChI is InChI=1S/C17H28N4O4/c1-10(2)18-8-14-16(23)17-13(25-14)4-12(24-17)5-15(22)19-6-11-7-20-21(3)9-11/h7,9-10,12-14,16-18,23H,4-6,8H2,1-3H3,(H,19,22). The van der Waals surface area contributed by atoms with Gasteiger partial charge in [0.1, 0.15) is 12.2 Å². The van der Waals surface area contributed by atoms with Gasteiger partial charge in [0.25, 0.3) is 0 Å². The monoisotopic (exact) mass is 352 g/mol. The van der Waals surface area contributed by atoms with E-state index in [-0.39, 0.29) is 36.7 Å². The largest absolute Gasteiger partial charge is 0.388 e. The number of ether oxygens (including phenoxy) is 2. The lowest BCUT2D eigenvalue weighted by Crippen LogP contribution is -2.40. The molecule has 0 bridgehead atoms. The lowest BCUT2D eigenvalue weighted by molar-refractivity contribution is -0.124. The summed E-state index contributed by atoms with van der Waals surface area (Å²) in [5, 5.41) is 20.6. The van der Waals surface area contributed by atoms with E-state index in [2.05, 4.69) is 29.6 Å². The predicted molar refractivity (Wildman–Crippen MR) is 90.8 cm³/mol. The summed E-state index contributed by atoms with van der Waals surface area (Å²) in [5.74, 6) is -0.0682. The van der Waals surface area contributed by atoms with E-state index >= 15 is 0 Å². The zero-order chi connectivity index (χ0) is 18.0. The fourth-order valence-corrected chi connectivity index (χ4v) is 3.40. The third kappa shape index (κ3) is 4.58. The molecule has 2 aliphatic rings. The Hall–Kier alpha value is -1.48. The molecule has 1 amide bonds. The maximum absolute atomic E-state index is 12.1. The van der Waals surface area contributed by atoms with Crippen LogP contribution in [0.4, 0.5) is 0 Å². The Kier molecular flexibility index (Phi) is 5.73. The van der Waals surface area contributed by atoms with Gasteiger partial charge in [0.2, 0.25) is 5.91 Å². The van der Waals surface area contributed by atoms with Crippen molar-refractivity contribution in [2.24, 2.45) is 7.05 Å². The van der Waals surface area contributed by atoms with Gasteiger partial charge in [0.05, 0.1) is 30.9 Å². The molecule has 0 radical (unpaired) electrons. The van der Waals surface area contributed by atoms with Gasteiger partial charge in [-0.1, -0.05) is 13.8 Å². The molecule has 5 atom stereocenters. The van der Waals surface area contributed by atoms with Gasteiger partial charge in [0, 0.05) is 44.4 Å². The van der Waals surface area contributed by atoms with Crippen LogP contribution in [0.3, 0.4) is 0 Å². The maximum Gasteiger partial charge on any atom is 0.222 e. The van der Waals surface area contributed by atoms with Crippen LogP contribution < -0.4 is 10.6 Å². The van der Waals surface area contributed by atoms with Gasteiger partial charge < -0.3 is 25.2 Å². The minimum absolute atomic E-state index is 0.0682. The molecule has 2 fully saturated rings. The number of nitrogens with zero attached hydrogens (tertiary/aromatic N) is 2. The second-order valence-electron chi connectivity index (χ2n) is 7.23. The Balaban J connectivity index is 1.41. The van der Waals surface area contributed by atoms with Crippen molar-refractivity contribution in [1.29, 1.82) is 0 Å². The van der Waals surface area contributed by atoms with Gasteiger partial charge in [0.15, 0.2) is 0 Å². The summed E-state index contributed by atoms with van der Waals surface area (Å²) in [6, 6.07) is 0.341. The molecule has 1 aromatic heterocycles. The molecule has 3 N–H and O–H groups in total. The van der Waals surface area contributed by atoms with E-state index in [1.165, 1.54) is 0 Å². The highest BCUT2D eigenvalue weighted by atomic mass is 16.6. The first-order valence-electron chi connectivity index (χ1n) is 8.89. The number of carbonyl (C=O) groups is 1. The Morgan fingerprint density at radius 2 is 2.28 bits per heavy atom. The number of carbonyl (C=O) groups excluding carboxylic acids is 1. The lowest BCUT2D eigenvalue weighted by Gasteiger charge is -2.21. The van der Waals surface area contributed by atoms with Crippen LogP contribution in [-0.4, -0.2) is 63.9 Å². The first-order chi connectivity index (χ1) is 11.9. The fraction of sp³-hybridized carbons (Fsp3) is 0.765. The van der Waals surface area contributed by atoms with Gasteiger partial charge in [-0.05, 0) is 0 Å². The van der Waals surface area contributed by atoms with Crippen LogP contribution in [0, 0.1) is 0 Å². The van der Waals surface area contributed by atoms with E-state index in [0.717, 1.165) is 5.56 Å². The van der Waals surface area contributed by atoms with Crippen LogP contribution in [-0.2, 0) is 27.9 Å². The minimum atomic E-state index is -0.653. The Morgan fingerprint density at radius 3 is 2.92 bits per heavy atom. The second-order valence-corrected chi connectivity index (χ2v) is 7.23. The Labute approximate surface area is 147 Å². The summed E-state index contributed by atoms with van der Waals surface area (Å²) < 4.78 is 13.5. The third-order valence-corrected chi connectivity index (χ3v) is 4.67. The number of hydrogen-bond donors (Lipinski definition) is 3. The summed E-state index contributed by atoms with van der Waals surface area (Å²) in [5.41, 5.74) is 0.958. The topological polar surface area (TPSA) is 97.6 Å². The highest BCUT2D eigenvalue weighted by Crippen LogP contribution is 2.35. The molecule has 3 heterocycles. The summed E-state index contributed by atoms with van der Waals surface area (Å²) in [6.45, 7) is 5.16. The zero-order valence-corrected chi connectivity index (χ0v) is 15.0. The number of aromatic nitrogens is 2. The first-order valence-corrected chi connectivity index (χ1v) is 8.89. The van der Waals surface area contributed by atoms with Crippen LogP contribution >= 0.6 is 0 Å². The van der Waals surface area contributed by atoms with Crippen LogP contribution in [0.25, 0.3) is 0 Å². The normalized spacial score (nSPS) is 31.5. The number of hydrogen-bond acceptors (Lipinski definition) is 6. The van der Waals surface area contributed by atoms with Gasteiger partial charge in [-0.25, -0.2) is 0 Å². The molecule has 0 aromatic carbocycles. The molecule has 0 aliphatic carbocycles. The number of amides is 1. The highest BCUT2D eigenvalue weighted by Gasteiger charge is 2.50. The van der Waals surface area contributed by atoms with Crippen LogP contribution in [0.5, 0.6) is 0 Å². The molecular weight excluding hydrogens is 324 g/mol. The molecule has 3 rings (SSSR count). The maximum atomic E-state index is 12.1. The van der Waals surface area contributed by atoms with Crippen molar-refractivity contribution in [3.05, 3.63) is 18.0 Å². The van der Waals surface area contributed by atoms with Crippen LogP contribution in [0.15, 0.2) is 12.4 Å². The summed E-state index contributed by atoms with van der Waals surface area (Å²) in [7, 11) is 1.84. The molecule has 0 spiro atoms. The molecule has 25 heavy (non-hydrogen) atoms. The van der Waals surface area contributed by atoms with Crippen LogP contribution in [0.2, 0.25) is 0 Å². The number of aliphatic hydroxyl groups is 1. The number of aryl methyl sites for hydroxylation is 1. The van der Waals surface area contributed by atoms with Gasteiger partial charge in [-0.2, -0.15) is 5.10 Å². The van der Waals surface area contributed by atoms with E-state index < -0.39 is 6.10 Å². The third-order valence-electron chi connectivity index (χ3n) is 4.67. The van der Waals surface area contributed by atoms with E-state index in [9.17, 15) is 9.90 Å². The zero-order valence-electron chi connectivity index (χ0n) is 15.0. The molecule has 5 unspecified atom stereocenters. The van der Waals surface area contributed by atoms with E-state index in [0.29, 0.717) is 25.6 Å². The van der Waals surface area contributed by atoms with E-state index in [1.54, 1.807) is 10.9 Å². The summed E-state index contributed by atoms with van der Waals surface area (Å²) in [6.07, 6.45) is 2.92. The highest BCUT2D eigenvalue weighted by molar-refractivity contribution is 5.76. The van der Waals surface area contributed by atoms with E-state index in [4.69, 9.17) is 9.47 Å². The molecule has 2 aliphatic heterocycles. The summed E-state index contributed by atoms with van der Waals surface area (Å²) in [4.78, 5) is 12.1. The smallest absolute Gasteiger partial charge is 0.222 e. The number of fused-ring (bicyclic) bond motifs is 1. The van der Waals surface area contributed by atoms with Gasteiger partial charge >= 0.3 is 0 Å². The SMILES string of the molecule is CC(C)NCC1OC2CC(CC(=O)NCc3cnn(C)c3)OC2C1O. The second kappa shape index (κ2) is 7.82. The lowest BCUT2D eigenvalue weighted by atomic mass is 10.1.